The van der Waals surface area contributed by atoms with Gasteiger partial charge >= 0.3 is 0 Å². The number of benzene rings is 2. The van der Waals surface area contributed by atoms with Gasteiger partial charge in [-0.2, -0.15) is 11.8 Å². The molecule has 0 aromatic heterocycles. The molecule has 88 valence electrons. The number of nitrogens with two attached hydrogens (primary N) is 1. The normalized spacial score (nSPS) is 14.2. The molecule has 17 heavy (non-hydrogen) atoms. The second-order valence-corrected chi connectivity index (χ2v) is 4.98. The predicted octanol–water partition coefficient (Wildman–Crippen LogP) is 3.79. The number of hydrogen-bond donors (Lipinski definition) is 1. The van der Waals surface area contributed by atoms with Gasteiger partial charge in [-0.15, -0.1) is 0 Å². The zero-order valence-electron chi connectivity index (χ0n) is 9.91. The van der Waals surface area contributed by atoms with Gasteiger partial charge in [0.2, 0.25) is 0 Å². The van der Waals surface area contributed by atoms with Gasteiger partial charge in [0.1, 0.15) is 0 Å². The highest BCUT2D eigenvalue weighted by atomic mass is 32.2. The molecule has 0 radical (unpaired) electrons. The van der Waals surface area contributed by atoms with E-state index in [0.717, 1.165) is 0 Å². The Morgan fingerprint density at radius 1 is 0.824 bits per heavy atom. The fraction of sp³-hybridized carbons (Fsp3) is 0.200. The van der Waals surface area contributed by atoms with Crippen LogP contribution in [0.1, 0.15) is 22.4 Å². The molecule has 0 bridgehead atoms. The molecule has 2 aromatic carbocycles. The lowest BCUT2D eigenvalue weighted by molar-refractivity contribution is 0.707. The van der Waals surface area contributed by atoms with Gasteiger partial charge in [0.15, 0.2) is 0 Å². The van der Waals surface area contributed by atoms with E-state index in [-0.39, 0.29) is 6.04 Å². The van der Waals surface area contributed by atoms with Crippen molar-refractivity contribution in [3.05, 3.63) is 71.8 Å². The molecule has 0 aliphatic heterocycles. The van der Waals surface area contributed by atoms with Crippen molar-refractivity contribution in [2.45, 2.75) is 11.3 Å². The van der Waals surface area contributed by atoms with Gasteiger partial charge in [0.25, 0.3) is 0 Å². The van der Waals surface area contributed by atoms with Gasteiger partial charge in [0.05, 0.1) is 0 Å². The van der Waals surface area contributed by atoms with Crippen LogP contribution in [-0.2, 0) is 0 Å². The molecule has 0 saturated heterocycles. The fourth-order valence-corrected chi connectivity index (χ4v) is 2.86. The van der Waals surface area contributed by atoms with Crippen molar-refractivity contribution in [2.75, 3.05) is 6.26 Å². The predicted molar refractivity (Wildman–Crippen MR) is 76.1 cm³/mol. The summed E-state index contributed by atoms with van der Waals surface area (Å²) in [6.45, 7) is 0. The molecule has 0 aliphatic rings. The van der Waals surface area contributed by atoms with Gasteiger partial charge in [-0.25, -0.2) is 0 Å². The Balaban J connectivity index is 2.25. The van der Waals surface area contributed by atoms with Crippen LogP contribution < -0.4 is 5.73 Å². The van der Waals surface area contributed by atoms with Crippen LogP contribution in [-0.4, -0.2) is 6.26 Å². The van der Waals surface area contributed by atoms with E-state index in [1.807, 2.05) is 24.3 Å². The third kappa shape index (κ3) is 2.90. The summed E-state index contributed by atoms with van der Waals surface area (Å²) in [6.07, 6.45) is 2.11. The molecular weight excluding hydrogens is 226 g/mol. The van der Waals surface area contributed by atoms with E-state index in [4.69, 9.17) is 5.73 Å². The standard InChI is InChI=1S/C15H17NS/c1-17-15(13-10-6-3-7-11-13)14(16)12-8-4-2-5-9-12/h2-11,14-15H,16H2,1H3. The third-order valence-electron chi connectivity index (χ3n) is 2.89. The van der Waals surface area contributed by atoms with E-state index in [2.05, 4.69) is 42.7 Å². The molecule has 0 heterocycles. The largest absolute Gasteiger partial charge is 0.323 e. The lowest BCUT2D eigenvalue weighted by Crippen LogP contribution is -2.17. The minimum atomic E-state index is 0.0357. The summed E-state index contributed by atoms with van der Waals surface area (Å²) < 4.78 is 0. The molecule has 1 nitrogen and oxygen atoms in total. The lowest BCUT2D eigenvalue weighted by Gasteiger charge is -2.22. The van der Waals surface area contributed by atoms with Crippen LogP contribution >= 0.6 is 11.8 Å². The number of rotatable bonds is 4. The topological polar surface area (TPSA) is 26.0 Å². The zero-order valence-corrected chi connectivity index (χ0v) is 10.7. The van der Waals surface area contributed by atoms with Crippen LogP contribution in [0.15, 0.2) is 60.7 Å². The first-order valence-corrected chi connectivity index (χ1v) is 7.00. The summed E-state index contributed by atoms with van der Waals surface area (Å²) in [5.41, 5.74) is 8.84. The SMILES string of the molecule is CSC(c1ccccc1)C(N)c1ccccc1. The van der Waals surface area contributed by atoms with Gasteiger partial charge in [-0.05, 0) is 17.4 Å². The number of hydrogen-bond acceptors (Lipinski definition) is 2. The van der Waals surface area contributed by atoms with Crippen molar-refractivity contribution >= 4 is 11.8 Å². The van der Waals surface area contributed by atoms with Crippen molar-refractivity contribution in [3.8, 4) is 0 Å². The smallest absolute Gasteiger partial charge is 0.0487 e. The molecule has 2 aromatic rings. The third-order valence-corrected chi connectivity index (χ3v) is 3.97. The molecule has 2 unspecified atom stereocenters. The second kappa shape index (κ2) is 5.89. The molecule has 2 heteroatoms. The average molecular weight is 243 g/mol. The highest BCUT2D eigenvalue weighted by molar-refractivity contribution is 7.98. The molecule has 2 N–H and O–H groups in total. The Bertz CT molecular complexity index is 441. The maximum atomic E-state index is 6.36. The van der Waals surface area contributed by atoms with E-state index in [1.165, 1.54) is 11.1 Å². The van der Waals surface area contributed by atoms with E-state index in [1.54, 1.807) is 11.8 Å². The molecule has 2 atom stereocenters. The maximum absolute atomic E-state index is 6.36. The summed E-state index contributed by atoms with van der Waals surface area (Å²) in [4.78, 5) is 0. The molecular formula is C15H17NS. The Morgan fingerprint density at radius 3 is 1.76 bits per heavy atom. The first-order chi connectivity index (χ1) is 8.33. The molecule has 2 rings (SSSR count). The lowest BCUT2D eigenvalue weighted by atomic mass is 9.99. The number of thioether (sulfide) groups is 1. The van der Waals surface area contributed by atoms with Crippen molar-refractivity contribution in [2.24, 2.45) is 5.73 Å². The van der Waals surface area contributed by atoms with E-state index >= 15 is 0 Å². The maximum Gasteiger partial charge on any atom is 0.0487 e. The summed E-state index contributed by atoms with van der Waals surface area (Å²) in [5, 5.41) is 0.304. The van der Waals surface area contributed by atoms with Gasteiger partial charge in [-0.3, -0.25) is 0 Å². The van der Waals surface area contributed by atoms with E-state index < -0.39 is 0 Å². The molecule has 0 aliphatic carbocycles. The van der Waals surface area contributed by atoms with Gasteiger partial charge < -0.3 is 5.73 Å². The van der Waals surface area contributed by atoms with Crippen molar-refractivity contribution < 1.29 is 0 Å². The summed E-state index contributed by atoms with van der Waals surface area (Å²) >= 11 is 1.80. The average Bonchev–Trinajstić information content (AvgIpc) is 2.42. The van der Waals surface area contributed by atoms with Crippen LogP contribution in [0, 0.1) is 0 Å². The Kier molecular flexibility index (Phi) is 4.24. The van der Waals surface area contributed by atoms with Crippen LogP contribution in [0.5, 0.6) is 0 Å². The molecule has 0 fully saturated rings. The Hall–Kier alpha value is -1.25. The van der Waals surface area contributed by atoms with E-state index in [0.29, 0.717) is 5.25 Å². The molecule has 0 amide bonds. The van der Waals surface area contributed by atoms with Crippen molar-refractivity contribution in [1.82, 2.24) is 0 Å². The van der Waals surface area contributed by atoms with E-state index in [9.17, 15) is 0 Å². The quantitative estimate of drug-likeness (QED) is 0.884. The fourth-order valence-electron chi connectivity index (χ4n) is 1.98. The Morgan fingerprint density at radius 2 is 1.29 bits per heavy atom. The highest BCUT2D eigenvalue weighted by Gasteiger charge is 2.19. The highest BCUT2D eigenvalue weighted by Crippen LogP contribution is 2.36. The summed E-state index contributed by atoms with van der Waals surface area (Å²) in [7, 11) is 0. The first-order valence-electron chi connectivity index (χ1n) is 5.71. The first kappa shape index (κ1) is 12.2. The van der Waals surface area contributed by atoms with Crippen LogP contribution in [0.4, 0.5) is 0 Å². The minimum absolute atomic E-state index is 0.0357. The molecule has 0 spiro atoms. The Labute approximate surface area is 107 Å². The van der Waals surface area contributed by atoms with Gasteiger partial charge in [0, 0.05) is 11.3 Å². The molecule has 0 saturated carbocycles. The van der Waals surface area contributed by atoms with Crippen LogP contribution in [0.25, 0.3) is 0 Å². The zero-order chi connectivity index (χ0) is 12.1. The van der Waals surface area contributed by atoms with Crippen molar-refractivity contribution in [3.63, 3.8) is 0 Å². The minimum Gasteiger partial charge on any atom is -0.323 e. The van der Waals surface area contributed by atoms with Crippen molar-refractivity contribution in [1.29, 1.82) is 0 Å². The second-order valence-electron chi connectivity index (χ2n) is 4.00. The summed E-state index contributed by atoms with van der Waals surface area (Å²) in [6, 6.07) is 20.8. The van der Waals surface area contributed by atoms with Crippen LogP contribution in [0.2, 0.25) is 0 Å². The van der Waals surface area contributed by atoms with Crippen LogP contribution in [0.3, 0.4) is 0 Å². The monoisotopic (exact) mass is 243 g/mol. The summed E-state index contributed by atoms with van der Waals surface area (Å²) in [5.74, 6) is 0. The van der Waals surface area contributed by atoms with Gasteiger partial charge in [-0.1, -0.05) is 60.7 Å².